The van der Waals surface area contributed by atoms with Crippen LogP contribution in [0.5, 0.6) is 0 Å². The molecular formula is C14H18N4O. The molecular weight excluding hydrogens is 240 g/mol. The lowest BCUT2D eigenvalue weighted by Crippen LogP contribution is -2.38. The van der Waals surface area contributed by atoms with E-state index in [-0.39, 0.29) is 0 Å². The van der Waals surface area contributed by atoms with Crippen molar-refractivity contribution in [3.63, 3.8) is 0 Å². The summed E-state index contributed by atoms with van der Waals surface area (Å²) in [6.45, 7) is 4.01. The lowest BCUT2D eigenvalue weighted by Gasteiger charge is -2.23. The van der Waals surface area contributed by atoms with Gasteiger partial charge >= 0.3 is 0 Å². The number of aryl methyl sites for hydroxylation is 1. The van der Waals surface area contributed by atoms with Gasteiger partial charge in [-0.2, -0.15) is 0 Å². The average molecular weight is 258 g/mol. The lowest BCUT2D eigenvalue weighted by molar-refractivity contribution is 0.478. The second kappa shape index (κ2) is 5.40. The first-order chi connectivity index (χ1) is 9.31. The molecule has 2 aromatic rings. The van der Waals surface area contributed by atoms with Crippen LogP contribution in [0.3, 0.4) is 0 Å². The third kappa shape index (κ3) is 2.93. The van der Waals surface area contributed by atoms with Gasteiger partial charge in [-0.05, 0) is 38.4 Å². The molecule has 0 radical (unpaired) electrons. The molecule has 1 aliphatic heterocycles. The van der Waals surface area contributed by atoms with Crippen LogP contribution in [-0.2, 0) is 0 Å². The van der Waals surface area contributed by atoms with E-state index >= 15 is 0 Å². The first-order valence-corrected chi connectivity index (χ1v) is 6.67. The van der Waals surface area contributed by atoms with E-state index in [4.69, 9.17) is 4.42 Å². The summed E-state index contributed by atoms with van der Waals surface area (Å²) < 4.78 is 5.55. The van der Waals surface area contributed by atoms with Gasteiger partial charge in [0, 0.05) is 25.0 Å². The normalized spacial score (nSPS) is 19.3. The van der Waals surface area contributed by atoms with E-state index in [9.17, 15) is 0 Å². The van der Waals surface area contributed by atoms with Gasteiger partial charge in [0.2, 0.25) is 5.95 Å². The van der Waals surface area contributed by atoms with Crippen molar-refractivity contribution in [2.45, 2.75) is 25.8 Å². The van der Waals surface area contributed by atoms with Gasteiger partial charge < -0.3 is 15.1 Å². The van der Waals surface area contributed by atoms with Gasteiger partial charge in [0.1, 0.15) is 11.5 Å². The number of furan rings is 1. The van der Waals surface area contributed by atoms with Gasteiger partial charge in [0.15, 0.2) is 0 Å². The van der Waals surface area contributed by atoms with Crippen LogP contribution in [0.2, 0.25) is 0 Å². The molecule has 0 bridgehead atoms. The summed E-state index contributed by atoms with van der Waals surface area (Å²) in [5, 5.41) is 6.71. The molecule has 1 fully saturated rings. The van der Waals surface area contributed by atoms with E-state index < -0.39 is 0 Å². The molecule has 2 aromatic heterocycles. The third-order valence-electron chi connectivity index (χ3n) is 3.31. The Morgan fingerprint density at radius 1 is 1.32 bits per heavy atom. The largest absolute Gasteiger partial charge is 0.461 e. The maximum Gasteiger partial charge on any atom is 0.222 e. The summed E-state index contributed by atoms with van der Waals surface area (Å²) in [5.41, 5.74) is 0.903. The molecule has 1 saturated heterocycles. The molecule has 1 unspecified atom stereocenters. The molecule has 3 heterocycles. The Bertz CT molecular complexity index is 529. The van der Waals surface area contributed by atoms with Gasteiger partial charge in [-0.1, -0.05) is 0 Å². The highest BCUT2D eigenvalue weighted by atomic mass is 16.3. The zero-order chi connectivity index (χ0) is 13.1. The Kier molecular flexibility index (Phi) is 3.46. The van der Waals surface area contributed by atoms with Gasteiger partial charge in [-0.25, -0.2) is 9.97 Å². The quantitative estimate of drug-likeness (QED) is 0.883. The van der Waals surface area contributed by atoms with Crippen LogP contribution in [-0.4, -0.2) is 29.1 Å². The number of hydrogen-bond donors (Lipinski definition) is 2. The highest BCUT2D eigenvalue weighted by Gasteiger charge is 2.13. The number of aromatic nitrogens is 2. The summed E-state index contributed by atoms with van der Waals surface area (Å²) in [6.07, 6.45) is 5.95. The van der Waals surface area contributed by atoms with Crippen molar-refractivity contribution in [1.29, 1.82) is 0 Å². The topological polar surface area (TPSA) is 63.0 Å². The minimum Gasteiger partial charge on any atom is -0.461 e. The second-order valence-corrected chi connectivity index (χ2v) is 4.89. The summed E-state index contributed by atoms with van der Waals surface area (Å²) in [7, 11) is 0. The maximum absolute atomic E-state index is 5.55. The smallest absolute Gasteiger partial charge is 0.222 e. The molecule has 5 heteroatoms. The van der Waals surface area contributed by atoms with Crippen LogP contribution in [0, 0.1) is 6.92 Å². The van der Waals surface area contributed by atoms with Gasteiger partial charge in [-0.3, -0.25) is 0 Å². The van der Waals surface area contributed by atoms with E-state index in [1.807, 2.05) is 19.1 Å². The molecule has 0 aliphatic carbocycles. The molecule has 19 heavy (non-hydrogen) atoms. The second-order valence-electron chi connectivity index (χ2n) is 4.89. The number of hydrogen-bond acceptors (Lipinski definition) is 5. The van der Waals surface area contributed by atoms with Crippen molar-refractivity contribution in [3.05, 3.63) is 30.3 Å². The van der Waals surface area contributed by atoms with Crippen molar-refractivity contribution in [3.8, 4) is 11.3 Å². The van der Waals surface area contributed by atoms with Crippen LogP contribution in [0.1, 0.15) is 18.6 Å². The Morgan fingerprint density at radius 3 is 2.79 bits per heavy atom. The summed E-state index contributed by atoms with van der Waals surface area (Å²) in [5.74, 6) is 2.38. The highest BCUT2D eigenvalue weighted by molar-refractivity contribution is 5.55. The van der Waals surface area contributed by atoms with E-state index in [2.05, 4.69) is 20.6 Å². The van der Waals surface area contributed by atoms with E-state index in [0.29, 0.717) is 12.0 Å². The van der Waals surface area contributed by atoms with Crippen molar-refractivity contribution in [2.75, 3.05) is 18.4 Å². The molecule has 0 aromatic carbocycles. The van der Waals surface area contributed by atoms with Crippen molar-refractivity contribution < 1.29 is 4.42 Å². The third-order valence-corrected chi connectivity index (χ3v) is 3.31. The van der Waals surface area contributed by atoms with Crippen molar-refractivity contribution in [1.82, 2.24) is 15.3 Å². The summed E-state index contributed by atoms with van der Waals surface area (Å²) in [6, 6.07) is 4.30. The van der Waals surface area contributed by atoms with Gasteiger partial charge in [-0.15, -0.1) is 0 Å². The van der Waals surface area contributed by atoms with E-state index in [0.717, 1.165) is 36.6 Å². The number of nitrogens with one attached hydrogen (secondary N) is 2. The molecule has 5 nitrogen and oxygen atoms in total. The first-order valence-electron chi connectivity index (χ1n) is 6.67. The van der Waals surface area contributed by atoms with Crippen LogP contribution in [0.25, 0.3) is 11.3 Å². The lowest BCUT2D eigenvalue weighted by atomic mass is 10.1. The number of rotatable bonds is 3. The fourth-order valence-corrected chi connectivity index (χ4v) is 2.28. The molecule has 0 saturated carbocycles. The van der Waals surface area contributed by atoms with Crippen LogP contribution >= 0.6 is 0 Å². The number of nitrogens with zero attached hydrogens (tertiary/aromatic N) is 2. The van der Waals surface area contributed by atoms with Gasteiger partial charge in [0.25, 0.3) is 0 Å². The first kappa shape index (κ1) is 12.2. The van der Waals surface area contributed by atoms with Crippen LogP contribution in [0.15, 0.2) is 28.9 Å². The monoisotopic (exact) mass is 258 g/mol. The fraction of sp³-hybridized carbons (Fsp3) is 0.429. The Labute approximate surface area is 112 Å². The standard InChI is InChI=1S/C14H18N4O/c1-10-4-5-13(19-10)11-7-16-14(17-8-11)18-12-3-2-6-15-9-12/h4-5,7-8,12,15H,2-3,6,9H2,1H3,(H,16,17,18). The predicted molar refractivity (Wildman–Crippen MR) is 74.0 cm³/mol. The predicted octanol–water partition coefficient (Wildman–Crippen LogP) is 2.21. The summed E-state index contributed by atoms with van der Waals surface area (Å²) >= 11 is 0. The minimum absolute atomic E-state index is 0.422. The Balaban J connectivity index is 1.68. The molecule has 2 N–H and O–H groups in total. The van der Waals surface area contributed by atoms with Gasteiger partial charge in [0.05, 0.1) is 5.56 Å². The maximum atomic E-state index is 5.55. The number of piperidine rings is 1. The minimum atomic E-state index is 0.422. The van der Waals surface area contributed by atoms with E-state index in [1.54, 1.807) is 12.4 Å². The fourth-order valence-electron chi connectivity index (χ4n) is 2.28. The molecule has 1 aliphatic rings. The molecule has 0 amide bonds. The molecule has 3 rings (SSSR count). The molecule has 0 spiro atoms. The van der Waals surface area contributed by atoms with Crippen LogP contribution in [0.4, 0.5) is 5.95 Å². The highest BCUT2D eigenvalue weighted by Crippen LogP contribution is 2.20. The number of anilines is 1. The Morgan fingerprint density at radius 2 is 2.16 bits per heavy atom. The zero-order valence-corrected chi connectivity index (χ0v) is 11.0. The van der Waals surface area contributed by atoms with Crippen molar-refractivity contribution >= 4 is 5.95 Å². The average Bonchev–Trinajstić information content (AvgIpc) is 2.87. The SMILES string of the molecule is Cc1ccc(-c2cnc(NC3CCCNC3)nc2)o1. The summed E-state index contributed by atoms with van der Waals surface area (Å²) in [4.78, 5) is 8.70. The molecule has 1 atom stereocenters. The van der Waals surface area contributed by atoms with Crippen LogP contribution < -0.4 is 10.6 Å². The zero-order valence-electron chi connectivity index (χ0n) is 11.0. The van der Waals surface area contributed by atoms with Crippen molar-refractivity contribution in [2.24, 2.45) is 0 Å². The molecule has 100 valence electrons. The Hall–Kier alpha value is -1.88. The van der Waals surface area contributed by atoms with E-state index in [1.165, 1.54) is 6.42 Å².